The van der Waals surface area contributed by atoms with Crippen molar-refractivity contribution >= 4 is 16.9 Å². The highest BCUT2D eigenvalue weighted by atomic mass is 16.5. The average Bonchev–Trinajstić information content (AvgIpc) is 3.79. The molecule has 214 valence electrons. The number of aromatic amines is 1. The lowest BCUT2D eigenvalue weighted by molar-refractivity contribution is -0.141. The standard InChI is InChI=1S/C32H33N7O3/c1-38-13-14-42-17-25(38)31(40)39-12-11-32(18-33,19-39)27-10-9-21(16-34-27)28-30-24(36-37-28)15-26(41-2)29(35-30)23-8-4-6-20-5-3-7-22(20)23/h4,6,8-10,15-16,25H,3,5,7,11-14,17,19H2,1-2H3,(H,36,37)/t25-,32?/m1/s1. The zero-order valence-corrected chi connectivity index (χ0v) is 23.9. The molecule has 3 aliphatic rings. The van der Waals surface area contributed by atoms with E-state index in [0.717, 1.165) is 53.7 Å². The van der Waals surface area contributed by atoms with E-state index < -0.39 is 5.41 Å². The van der Waals surface area contributed by atoms with E-state index in [2.05, 4.69) is 34.5 Å². The Morgan fingerprint density at radius 3 is 2.90 bits per heavy atom. The zero-order valence-electron chi connectivity index (χ0n) is 23.9. The van der Waals surface area contributed by atoms with Crippen LogP contribution in [0.5, 0.6) is 5.75 Å². The van der Waals surface area contributed by atoms with Crippen LogP contribution < -0.4 is 4.74 Å². The zero-order chi connectivity index (χ0) is 28.8. The minimum Gasteiger partial charge on any atom is -0.494 e. The number of carbonyl (C=O) groups excluding carboxylic acids is 1. The number of nitrogens with zero attached hydrogens (tertiary/aromatic N) is 6. The highest BCUT2D eigenvalue weighted by Crippen LogP contribution is 2.39. The first-order valence-electron chi connectivity index (χ1n) is 14.5. The first-order chi connectivity index (χ1) is 20.5. The summed E-state index contributed by atoms with van der Waals surface area (Å²) in [4.78, 5) is 26.9. The molecular formula is C32H33N7O3. The van der Waals surface area contributed by atoms with Crippen LogP contribution in [-0.4, -0.2) is 88.9 Å². The van der Waals surface area contributed by atoms with Gasteiger partial charge in [-0.1, -0.05) is 18.2 Å². The monoisotopic (exact) mass is 563 g/mol. The Morgan fingerprint density at radius 1 is 1.21 bits per heavy atom. The predicted molar refractivity (Wildman–Crippen MR) is 157 cm³/mol. The first-order valence-corrected chi connectivity index (χ1v) is 14.5. The van der Waals surface area contributed by atoms with Crippen molar-refractivity contribution in [1.82, 2.24) is 30.0 Å². The number of nitriles is 1. The van der Waals surface area contributed by atoms with E-state index in [-0.39, 0.29) is 11.9 Å². The predicted octanol–water partition coefficient (Wildman–Crippen LogP) is 3.51. The maximum atomic E-state index is 13.3. The van der Waals surface area contributed by atoms with Crippen molar-refractivity contribution in [3.8, 4) is 34.3 Å². The Morgan fingerprint density at radius 2 is 2.12 bits per heavy atom. The van der Waals surface area contributed by atoms with Crippen molar-refractivity contribution in [2.24, 2.45) is 0 Å². The van der Waals surface area contributed by atoms with Crippen molar-refractivity contribution in [1.29, 1.82) is 5.26 Å². The molecule has 2 saturated heterocycles. The maximum absolute atomic E-state index is 13.3. The van der Waals surface area contributed by atoms with Crippen LogP contribution in [0.1, 0.15) is 29.7 Å². The summed E-state index contributed by atoms with van der Waals surface area (Å²) in [7, 11) is 3.61. The summed E-state index contributed by atoms with van der Waals surface area (Å²) >= 11 is 0. The number of aromatic nitrogens is 4. The molecule has 2 atom stereocenters. The number of morpholine rings is 1. The molecule has 0 saturated carbocycles. The molecule has 7 rings (SSSR count). The highest BCUT2D eigenvalue weighted by Gasteiger charge is 2.45. The van der Waals surface area contributed by atoms with Gasteiger partial charge in [0.1, 0.15) is 34.1 Å². The van der Waals surface area contributed by atoms with Crippen molar-refractivity contribution in [3.05, 3.63) is 59.4 Å². The summed E-state index contributed by atoms with van der Waals surface area (Å²) in [5.74, 6) is 0.712. The van der Waals surface area contributed by atoms with Gasteiger partial charge in [-0.2, -0.15) is 10.4 Å². The summed E-state index contributed by atoms with van der Waals surface area (Å²) < 4.78 is 11.3. The minimum absolute atomic E-state index is 0.00954. The Bertz CT molecular complexity index is 1710. The van der Waals surface area contributed by atoms with Crippen LogP contribution in [0.3, 0.4) is 0 Å². The lowest BCUT2D eigenvalue weighted by Crippen LogP contribution is -2.53. The molecule has 1 N–H and O–H groups in total. The molecule has 0 bridgehead atoms. The van der Waals surface area contributed by atoms with Gasteiger partial charge >= 0.3 is 0 Å². The molecule has 1 aliphatic carbocycles. The minimum atomic E-state index is -0.859. The number of ether oxygens (including phenoxy) is 2. The number of fused-ring (bicyclic) bond motifs is 2. The molecule has 0 radical (unpaired) electrons. The second-order valence-electron chi connectivity index (χ2n) is 11.5. The van der Waals surface area contributed by atoms with E-state index in [1.54, 1.807) is 18.2 Å². The van der Waals surface area contributed by atoms with Crippen LogP contribution in [0.4, 0.5) is 0 Å². The molecule has 2 fully saturated rings. The fourth-order valence-electron chi connectivity index (χ4n) is 6.65. The molecule has 1 amide bonds. The normalized spacial score (nSPS) is 22.3. The van der Waals surface area contributed by atoms with Gasteiger partial charge in [0.15, 0.2) is 0 Å². The van der Waals surface area contributed by atoms with E-state index in [9.17, 15) is 10.1 Å². The molecule has 5 heterocycles. The Labute approximate surface area is 244 Å². The number of likely N-dealkylation sites (tertiary alicyclic amines) is 1. The quantitative estimate of drug-likeness (QED) is 0.392. The number of nitrogens with one attached hydrogen (secondary N) is 1. The van der Waals surface area contributed by atoms with Crippen molar-refractivity contribution in [3.63, 3.8) is 0 Å². The van der Waals surface area contributed by atoms with Crippen LogP contribution in [-0.2, 0) is 27.8 Å². The van der Waals surface area contributed by atoms with E-state index in [0.29, 0.717) is 49.9 Å². The number of H-pyrrole nitrogens is 1. The van der Waals surface area contributed by atoms with Gasteiger partial charge in [0.05, 0.1) is 37.6 Å². The molecule has 3 aromatic heterocycles. The SMILES string of the molecule is COc1cc2[nH]nc(-c3ccc(C4(C#N)CCN(C(=O)[C@H]5COCCN5C)C4)nc3)c2nc1-c1cccc2c1CCC2. The van der Waals surface area contributed by atoms with Crippen LogP contribution in [0.25, 0.3) is 33.5 Å². The number of rotatable bonds is 5. The number of methoxy groups -OCH3 is 1. The maximum Gasteiger partial charge on any atom is 0.242 e. The topological polar surface area (TPSA) is 120 Å². The second-order valence-corrected chi connectivity index (χ2v) is 11.5. The van der Waals surface area contributed by atoms with E-state index in [4.69, 9.17) is 19.4 Å². The molecular weight excluding hydrogens is 530 g/mol. The second kappa shape index (κ2) is 10.5. The largest absolute Gasteiger partial charge is 0.494 e. The molecule has 42 heavy (non-hydrogen) atoms. The average molecular weight is 564 g/mol. The van der Waals surface area contributed by atoms with E-state index >= 15 is 0 Å². The number of benzene rings is 1. The van der Waals surface area contributed by atoms with Gasteiger partial charge in [-0.05, 0) is 56.0 Å². The van der Waals surface area contributed by atoms with Crippen LogP contribution in [0.2, 0.25) is 0 Å². The number of carbonyl (C=O) groups is 1. The Hall–Kier alpha value is -4.33. The molecule has 1 unspecified atom stereocenters. The third-order valence-electron chi connectivity index (χ3n) is 9.12. The van der Waals surface area contributed by atoms with Crippen LogP contribution in [0.15, 0.2) is 42.6 Å². The third-order valence-corrected chi connectivity index (χ3v) is 9.12. The highest BCUT2D eigenvalue weighted by molar-refractivity contribution is 5.93. The molecule has 0 spiro atoms. The van der Waals surface area contributed by atoms with Crippen molar-refractivity contribution in [2.45, 2.75) is 37.1 Å². The van der Waals surface area contributed by atoms with Crippen molar-refractivity contribution < 1.29 is 14.3 Å². The third kappa shape index (κ3) is 4.32. The number of aryl methyl sites for hydroxylation is 1. The number of amides is 1. The van der Waals surface area contributed by atoms with Crippen LogP contribution in [0, 0.1) is 11.3 Å². The van der Waals surface area contributed by atoms with E-state index in [1.165, 1.54) is 11.1 Å². The van der Waals surface area contributed by atoms with Gasteiger partial charge in [-0.15, -0.1) is 0 Å². The summed E-state index contributed by atoms with van der Waals surface area (Å²) in [5.41, 5.74) is 7.43. The molecule has 4 aromatic rings. The molecule has 2 aliphatic heterocycles. The number of likely N-dealkylation sites (N-methyl/N-ethyl adjacent to an activating group) is 1. The molecule has 10 heteroatoms. The van der Waals surface area contributed by atoms with Crippen molar-refractivity contribution in [2.75, 3.05) is 47.0 Å². The van der Waals surface area contributed by atoms with Gasteiger partial charge in [0, 0.05) is 43.0 Å². The van der Waals surface area contributed by atoms with Gasteiger partial charge < -0.3 is 14.4 Å². The smallest absolute Gasteiger partial charge is 0.242 e. The lowest BCUT2D eigenvalue weighted by Gasteiger charge is -2.34. The first kappa shape index (κ1) is 26.6. The number of hydrogen-bond acceptors (Lipinski definition) is 8. The van der Waals surface area contributed by atoms with E-state index in [1.807, 2.05) is 30.1 Å². The summed E-state index contributed by atoms with van der Waals surface area (Å²) in [6, 6.07) is 14.4. The Balaban J connectivity index is 1.19. The summed E-state index contributed by atoms with van der Waals surface area (Å²) in [6.07, 6.45) is 5.56. The molecule has 1 aromatic carbocycles. The lowest BCUT2D eigenvalue weighted by atomic mass is 9.84. The Kier molecular flexibility index (Phi) is 6.64. The number of hydrogen-bond donors (Lipinski definition) is 1. The number of pyridine rings is 2. The van der Waals surface area contributed by atoms with Gasteiger partial charge in [-0.3, -0.25) is 19.8 Å². The van der Waals surface area contributed by atoms with Gasteiger partial charge in [0.2, 0.25) is 5.91 Å². The van der Waals surface area contributed by atoms with Crippen LogP contribution >= 0.6 is 0 Å². The fourth-order valence-corrected chi connectivity index (χ4v) is 6.65. The summed E-state index contributed by atoms with van der Waals surface area (Å²) in [5, 5.41) is 18.0. The van der Waals surface area contributed by atoms with Gasteiger partial charge in [0.25, 0.3) is 0 Å². The molecule has 10 nitrogen and oxygen atoms in total. The van der Waals surface area contributed by atoms with Gasteiger partial charge in [-0.25, -0.2) is 4.98 Å². The summed E-state index contributed by atoms with van der Waals surface area (Å²) in [6.45, 7) is 2.56. The fraction of sp³-hybridized carbons (Fsp3) is 0.406.